The maximum atomic E-state index is 11.8. The van der Waals surface area contributed by atoms with E-state index in [1.54, 1.807) is 20.8 Å². The van der Waals surface area contributed by atoms with Gasteiger partial charge < -0.3 is 9.84 Å². The molecule has 0 aliphatic carbocycles. The van der Waals surface area contributed by atoms with Crippen LogP contribution in [0.3, 0.4) is 0 Å². The molecule has 0 aromatic heterocycles. The molecule has 1 spiro atoms. The van der Waals surface area contributed by atoms with Gasteiger partial charge in [-0.05, 0) is 20.8 Å². The fourth-order valence-corrected chi connectivity index (χ4v) is 1.82. The molecule has 1 N–H and O–H groups in total. The average molecular weight is 241 g/mol. The standard InChI is InChI=1S/C10H15N3O4/c1-9(2,3)17-8(16)13-5-10(11-12-10)4-6(13)7(14)15/h6H,4-5H2,1-3H3,(H,14,15)/t6-/m0/s1. The Morgan fingerprint density at radius 3 is 2.41 bits per heavy atom. The monoisotopic (exact) mass is 241 g/mol. The lowest BCUT2D eigenvalue weighted by molar-refractivity contribution is -0.142. The summed E-state index contributed by atoms with van der Waals surface area (Å²) in [6, 6.07) is -0.903. The van der Waals surface area contributed by atoms with Crippen molar-refractivity contribution in [3.63, 3.8) is 0 Å². The van der Waals surface area contributed by atoms with Crippen molar-refractivity contribution in [1.82, 2.24) is 4.90 Å². The summed E-state index contributed by atoms with van der Waals surface area (Å²) in [5, 5.41) is 16.7. The first kappa shape index (κ1) is 11.8. The van der Waals surface area contributed by atoms with Crippen LogP contribution < -0.4 is 0 Å². The maximum Gasteiger partial charge on any atom is 0.411 e. The van der Waals surface area contributed by atoms with Crippen molar-refractivity contribution in [2.75, 3.05) is 6.54 Å². The Bertz CT molecular complexity index is 393. The Labute approximate surface area is 98.4 Å². The molecule has 1 atom stereocenters. The van der Waals surface area contributed by atoms with Crippen LogP contribution in [-0.4, -0.2) is 45.9 Å². The van der Waals surface area contributed by atoms with Crippen molar-refractivity contribution in [2.45, 2.75) is 44.5 Å². The molecule has 1 fully saturated rings. The minimum atomic E-state index is -1.05. The molecule has 1 amide bonds. The second-order valence-electron chi connectivity index (χ2n) is 5.35. The summed E-state index contributed by atoms with van der Waals surface area (Å²) in [5.74, 6) is -1.05. The topological polar surface area (TPSA) is 91.6 Å². The van der Waals surface area contributed by atoms with E-state index in [4.69, 9.17) is 9.84 Å². The fraction of sp³-hybridized carbons (Fsp3) is 0.800. The van der Waals surface area contributed by atoms with Gasteiger partial charge in [0.15, 0.2) is 0 Å². The van der Waals surface area contributed by atoms with Crippen LogP contribution in [0.4, 0.5) is 4.79 Å². The van der Waals surface area contributed by atoms with Crippen LogP contribution in [0.1, 0.15) is 27.2 Å². The van der Waals surface area contributed by atoms with Gasteiger partial charge in [0, 0.05) is 6.42 Å². The smallest absolute Gasteiger partial charge is 0.411 e. The predicted molar refractivity (Wildman–Crippen MR) is 56.6 cm³/mol. The van der Waals surface area contributed by atoms with Crippen LogP contribution in [0.5, 0.6) is 0 Å². The van der Waals surface area contributed by atoms with Crippen molar-refractivity contribution in [3.05, 3.63) is 0 Å². The summed E-state index contributed by atoms with van der Waals surface area (Å²) in [5.41, 5.74) is -1.33. The molecule has 0 radical (unpaired) electrons. The van der Waals surface area contributed by atoms with Gasteiger partial charge in [-0.1, -0.05) is 0 Å². The van der Waals surface area contributed by atoms with E-state index in [0.717, 1.165) is 0 Å². The highest BCUT2D eigenvalue weighted by Crippen LogP contribution is 2.41. The molecule has 17 heavy (non-hydrogen) atoms. The highest BCUT2D eigenvalue weighted by atomic mass is 16.6. The summed E-state index contributed by atoms with van der Waals surface area (Å²) in [6.07, 6.45) is -0.388. The Morgan fingerprint density at radius 1 is 1.41 bits per heavy atom. The van der Waals surface area contributed by atoms with Gasteiger partial charge in [-0.3, -0.25) is 4.90 Å². The van der Waals surface area contributed by atoms with Crippen LogP contribution in [0.2, 0.25) is 0 Å². The van der Waals surface area contributed by atoms with E-state index in [2.05, 4.69) is 10.2 Å². The lowest BCUT2D eigenvalue weighted by atomic mass is 10.1. The van der Waals surface area contributed by atoms with Crippen molar-refractivity contribution in [2.24, 2.45) is 10.2 Å². The van der Waals surface area contributed by atoms with Gasteiger partial charge >= 0.3 is 12.1 Å². The number of hydrogen-bond donors (Lipinski definition) is 1. The molecular formula is C10H15N3O4. The van der Waals surface area contributed by atoms with E-state index in [9.17, 15) is 9.59 Å². The van der Waals surface area contributed by atoms with Crippen molar-refractivity contribution in [3.8, 4) is 0 Å². The Hall–Kier alpha value is -1.66. The van der Waals surface area contributed by atoms with E-state index in [-0.39, 0.29) is 13.0 Å². The lowest BCUT2D eigenvalue weighted by Gasteiger charge is -2.26. The Kier molecular flexibility index (Phi) is 2.37. The molecule has 2 heterocycles. The van der Waals surface area contributed by atoms with E-state index in [1.807, 2.05) is 0 Å². The van der Waals surface area contributed by atoms with Gasteiger partial charge in [0.1, 0.15) is 11.6 Å². The number of aliphatic carboxylic acids is 1. The number of carboxylic acid groups (broad SMARTS) is 1. The summed E-state index contributed by atoms with van der Waals surface area (Å²) < 4.78 is 5.16. The zero-order chi connectivity index (χ0) is 12.8. The second kappa shape index (κ2) is 3.41. The minimum absolute atomic E-state index is 0.193. The largest absolute Gasteiger partial charge is 0.480 e. The van der Waals surface area contributed by atoms with Gasteiger partial charge in [0.2, 0.25) is 5.66 Å². The van der Waals surface area contributed by atoms with E-state index in [1.165, 1.54) is 4.90 Å². The Balaban J connectivity index is 2.08. The van der Waals surface area contributed by atoms with Gasteiger partial charge in [-0.25, -0.2) is 9.59 Å². The minimum Gasteiger partial charge on any atom is -0.480 e. The Morgan fingerprint density at radius 2 is 2.00 bits per heavy atom. The molecular weight excluding hydrogens is 226 g/mol. The molecule has 0 unspecified atom stereocenters. The van der Waals surface area contributed by atoms with Crippen molar-refractivity contribution < 1.29 is 19.4 Å². The van der Waals surface area contributed by atoms with E-state index in [0.29, 0.717) is 0 Å². The van der Waals surface area contributed by atoms with Crippen LogP contribution in [0, 0.1) is 0 Å². The molecule has 0 saturated carbocycles. The third-order valence-electron chi connectivity index (χ3n) is 2.62. The number of likely N-dealkylation sites (tertiary alicyclic amines) is 1. The molecule has 0 bridgehead atoms. The number of nitrogens with zero attached hydrogens (tertiary/aromatic N) is 3. The first-order valence-electron chi connectivity index (χ1n) is 5.39. The van der Waals surface area contributed by atoms with Crippen molar-refractivity contribution in [1.29, 1.82) is 0 Å². The van der Waals surface area contributed by atoms with Crippen LogP contribution >= 0.6 is 0 Å². The quantitative estimate of drug-likeness (QED) is 0.747. The SMILES string of the molecule is CC(C)(C)OC(=O)N1CC2(C[C@H]1C(=O)O)N=N2. The molecule has 2 aliphatic heterocycles. The number of amides is 1. The number of hydrogen-bond acceptors (Lipinski definition) is 5. The second-order valence-corrected chi connectivity index (χ2v) is 5.35. The molecule has 1 saturated heterocycles. The molecule has 0 aromatic carbocycles. The lowest BCUT2D eigenvalue weighted by Crippen LogP contribution is -2.43. The summed E-state index contributed by atoms with van der Waals surface area (Å²) in [6.45, 7) is 5.40. The predicted octanol–water partition coefficient (Wildman–Crippen LogP) is 1.24. The third kappa shape index (κ3) is 2.37. The molecule has 2 rings (SSSR count). The van der Waals surface area contributed by atoms with Crippen LogP contribution in [0.25, 0.3) is 0 Å². The fourth-order valence-electron chi connectivity index (χ4n) is 1.82. The van der Waals surface area contributed by atoms with Gasteiger partial charge in [-0.2, -0.15) is 10.2 Å². The van der Waals surface area contributed by atoms with Crippen molar-refractivity contribution >= 4 is 12.1 Å². The molecule has 7 nitrogen and oxygen atoms in total. The van der Waals surface area contributed by atoms with Crippen LogP contribution in [0.15, 0.2) is 10.2 Å². The molecule has 2 aliphatic rings. The third-order valence-corrected chi connectivity index (χ3v) is 2.62. The van der Waals surface area contributed by atoms with Gasteiger partial charge in [-0.15, -0.1) is 0 Å². The summed E-state index contributed by atoms with van der Waals surface area (Å²) >= 11 is 0. The number of rotatable bonds is 1. The normalized spacial score (nSPS) is 25.1. The first-order valence-corrected chi connectivity index (χ1v) is 5.39. The first-order chi connectivity index (χ1) is 7.72. The molecule has 94 valence electrons. The zero-order valence-electron chi connectivity index (χ0n) is 10.0. The highest BCUT2D eigenvalue weighted by Gasteiger charge is 2.56. The van der Waals surface area contributed by atoms with Gasteiger partial charge in [0.25, 0.3) is 0 Å². The summed E-state index contributed by atoms with van der Waals surface area (Å²) in [7, 11) is 0. The van der Waals surface area contributed by atoms with Crippen LogP contribution in [-0.2, 0) is 9.53 Å². The molecule has 0 aromatic rings. The number of carbonyl (C=O) groups excluding carboxylic acids is 1. The maximum absolute atomic E-state index is 11.8. The summed E-state index contributed by atoms with van der Waals surface area (Å²) in [4.78, 5) is 24.1. The molecule has 7 heteroatoms. The van der Waals surface area contributed by atoms with Gasteiger partial charge in [0.05, 0.1) is 6.54 Å². The number of ether oxygens (including phenoxy) is 1. The van der Waals surface area contributed by atoms with E-state index >= 15 is 0 Å². The highest BCUT2D eigenvalue weighted by molar-refractivity contribution is 5.81. The number of carbonyl (C=O) groups is 2. The average Bonchev–Trinajstić information content (AvgIpc) is 2.73. The zero-order valence-corrected chi connectivity index (χ0v) is 10.0. The van der Waals surface area contributed by atoms with E-state index < -0.39 is 29.4 Å². The number of carboxylic acids is 1.